The fraction of sp³-hybridized carbons (Fsp3) is 0.278. The van der Waals surface area contributed by atoms with Crippen molar-refractivity contribution in [3.05, 3.63) is 52.5 Å². The molecule has 1 aliphatic carbocycles. The van der Waals surface area contributed by atoms with Gasteiger partial charge in [-0.15, -0.1) is 11.3 Å². The first-order valence-electron chi connectivity index (χ1n) is 7.27. The van der Waals surface area contributed by atoms with E-state index >= 15 is 0 Å². The Hall–Kier alpha value is -2.07. The second-order valence-corrected chi connectivity index (χ2v) is 6.76. The molecule has 1 aromatic heterocycles. The van der Waals surface area contributed by atoms with Crippen LogP contribution in [0.25, 0.3) is 10.4 Å². The van der Waals surface area contributed by atoms with E-state index in [1.807, 2.05) is 49.5 Å². The van der Waals surface area contributed by atoms with Crippen molar-refractivity contribution in [1.82, 2.24) is 4.90 Å². The van der Waals surface area contributed by atoms with Gasteiger partial charge in [0.05, 0.1) is 7.11 Å². The number of hydrogen-bond donors (Lipinski definition) is 0. The van der Waals surface area contributed by atoms with Crippen molar-refractivity contribution in [3.8, 4) is 16.2 Å². The van der Waals surface area contributed by atoms with Crippen molar-refractivity contribution in [2.45, 2.75) is 12.8 Å². The van der Waals surface area contributed by atoms with Crippen molar-refractivity contribution in [3.63, 3.8) is 0 Å². The van der Waals surface area contributed by atoms with E-state index in [-0.39, 0.29) is 5.78 Å². The van der Waals surface area contributed by atoms with Crippen molar-refractivity contribution < 1.29 is 9.53 Å². The Labute approximate surface area is 134 Å². The molecule has 3 rings (SSSR count). The molecule has 0 fully saturated rings. The highest BCUT2D eigenvalue weighted by Crippen LogP contribution is 2.38. The van der Waals surface area contributed by atoms with E-state index in [4.69, 9.17) is 4.74 Å². The lowest BCUT2D eigenvalue weighted by atomic mass is 9.92. The van der Waals surface area contributed by atoms with E-state index in [1.54, 1.807) is 18.4 Å². The lowest BCUT2D eigenvalue weighted by molar-refractivity contribution is 0.102. The highest BCUT2D eigenvalue weighted by molar-refractivity contribution is 7.16. The number of rotatable bonds is 3. The molecule has 1 aliphatic rings. The third-order valence-electron chi connectivity index (χ3n) is 3.73. The highest BCUT2D eigenvalue weighted by Gasteiger charge is 2.25. The second kappa shape index (κ2) is 5.97. The SMILES string of the molecule is COc1cccc(-c2cc3c(s2)CC/C(=C/N(C)C)C3=O)c1. The van der Waals surface area contributed by atoms with Gasteiger partial charge in [0.15, 0.2) is 5.78 Å². The summed E-state index contributed by atoms with van der Waals surface area (Å²) in [7, 11) is 5.57. The van der Waals surface area contributed by atoms with Crippen LogP contribution in [0.4, 0.5) is 0 Å². The third kappa shape index (κ3) is 2.79. The first-order chi connectivity index (χ1) is 10.6. The van der Waals surface area contributed by atoms with E-state index in [1.165, 1.54) is 4.88 Å². The number of fused-ring (bicyclic) bond motifs is 1. The number of aryl methyl sites for hydroxylation is 1. The Morgan fingerprint density at radius 2 is 2.05 bits per heavy atom. The first kappa shape index (κ1) is 14.9. The van der Waals surface area contributed by atoms with Gasteiger partial charge in [-0.05, 0) is 36.6 Å². The lowest BCUT2D eigenvalue weighted by Crippen LogP contribution is -2.15. The van der Waals surface area contributed by atoms with Crippen molar-refractivity contribution in [1.29, 1.82) is 0 Å². The average molecular weight is 313 g/mol. The molecular weight excluding hydrogens is 294 g/mol. The monoisotopic (exact) mass is 313 g/mol. The summed E-state index contributed by atoms with van der Waals surface area (Å²) in [4.78, 5) is 16.9. The van der Waals surface area contributed by atoms with Crippen LogP contribution in [-0.2, 0) is 6.42 Å². The van der Waals surface area contributed by atoms with Crippen LogP contribution in [0, 0.1) is 0 Å². The molecule has 2 aromatic rings. The molecular formula is C18H19NO2S. The molecule has 0 bridgehead atoms. The molecule has 0 radical (unpaired) electrons. The number of carbonyl (C=O) groups excluding carboxylic acids is 1. The largest absolute Gasteiger partial charge is 0.497 e. The van der Waals surface area contributed by atoms with Crippen LogP contribution in [0.15, 0.2) is 42.1 Å². The summed E-state index contributed by atoms with van der Waals surface area (Å²) in [5.74, 6) is 1.00. The van der Waals surface area contributed by atoms with Crippen LogP contribution in [0.5, 0.6) is 5.75 Å². The van der Waals surface area contributed by atoms with Crippen LogP contribution in [0.1, 0.15) is 21.7 Å². The summed E-state index contributed by atoms with van der Waals surface area (Å²) in [5.41, 5.74) is 2.86. The summed E-state index contributed by atoms with van der Waals surface area (Å²) >= 11 is 1.72. The van der Waals surface area contributed by atoms with Gasteiger partial charge in [-0.2, -0.15) is 0 Å². The number of methoxy groups -OCH3 is 1. The van der Waals surface area contributed by atoms with E-state index in [0.29, 0.717) is 0 Å². The zero-order valence-corrected chi connectivity index (χ0v) is 13.9. The molecule has 1 heterocycles. The Morgan fingerprint density at radius 3 is 2.77 bits per heavy atom. The van der Waals surface area contributed by atoms with Gasteiger partial charge in [0.1, 0.15) is 5.75 Å². The summed E-state index contributed by atoms with van der Waals surface area (Å²) in [6.45, 7) is 0. The van der Waals surface area contributed by atoms with Gasteiger partial charge in [-0.3, -0.25) is 4.79 Å². The van der Waals surface area contributed by atoms with Gasteiger partial charge < -0.3 is 9.64 Å². The number of ether oxygens (including phenoxy) is 1. The summed E-state index contributed by atoms with van der Waals surface area (Å²) < 4.78 is 5.28. The Morgan fingerprint density at radius 1 is 1.23 bits per heavy atom. The second-order valence-electron chi connectivity index (χ2n) is 5.63. The Bertz CT molecular complexity index is 743. The van der Waals surface area contributed by atoms with Gasteiger partial charge >= 0.3 is 0 Å². The average Bonchev–Trinajstić information content (AvgIpc) is 2.95. The smallest absolute Gasteiger partial charge is 0.191 e. The van der Waals surface area contributed by atoms with Gasteiger partial charge in [0.25, 0.3) is 0 Å². The normalized spacial score (nSPS) is 15.8. The molecule has 0 saturated carbocycles. The van der Waals surface area contributed by atoms with Crippen LogP contribution in [0.3, 0.4) is 0 Å². The topological polar surface area (TPSA) is 29.5 Å². The van der Waals surface area contributed by atoms with Crippen LogP contribution in [-0.4, -0.2) is 31.9 Å². The maximum Gasteiger partial charge on any atom is 0.191 e. The molecule has 0 atom stereocenters. The molecule has 0 amide bonds. The first-order valence-corrected chi connectivity index (χ1v) is 8.09. The van der Waals surface area contributed by atoms with Crippen molar-refractivity contribution in [2.24, 2.45) is 0 Å². The maximum atomic E-state index is 12.6. The predicted molar refractivity (Wildman–Crippen MR) is 90.7 cm³/mol. The van der Waals surface area contributed by atoms with Gasteiger partial charge in [0.2, 0.25) is 0 Å². The molecule has 0 spiro atoms. The lowest BCUT2D eigenvalue weighted by Gasteiger charge is -2.15. The van der Waals surface area contributed by atoms with Gasteiger partial charge in [-0.25, -0.2) is 0 Å². The van der Waals surface area contributed by atoms with Crippen molar-refractivity contribution >= 4 is 17.1 Å². The molecule has 22 heavy (non-hydrogen) atoms. The van der Waals surface area contributed by atoms with E-state index in [9.17, 15) is 4.79 Å². The number of hydrogen-bond acceptors (Lipinski definition) is 4. The summed E-state index contributed by atoms with van der Waals surface area (Å²) in [6.07, 6.45) is 3.70. The van der Waals surface area contributed by atoms with E-state index in [0.717, 1.165) is 40.2 Å². The summed E-state index contributed by atoms with van der Waals surface area (Å²) in [5, 5.41) is 0. The highest BCUT2D eigenvalue weighted by atomic mass is 32.1. The Balaban J connectivity index is 1.98. The molecule has 4 heteroatoms. The number of benzene rings is 1. The molecule has 1 aromatic carbocycles. The van der Waals surface area contributed by atoms with Gasteiger partial charge in [-0.1, -0.05) is 12.1 Å². The van der Waals surface area contributed by atoms with E-state index < -0.39 is 0 Å². The number of nitrogens with zero attached hydrogens (tertiary/aromatic N) is 1. The van der Waals surface area contributed by atoms with Gasteiger partial charge in [0, 0.05) is 41.2 Å². The maximum absolute atomic E-state index is 12.6. The molecule has 0 aliphatic heterocycles. The standard InChI is InChI=1S/C18H19NO2S/c1-19(2)11-13-7-8-16-15(18(13)20)10-17(22-16)12-5-4-6-14(9-12)21-3/h4-6,9-11H,7-8H2,1-3H3/b13-11-. The number of ketones is 1. The third-order valence-corrected chi connectivity index (χ3v) is 4.98. The minimum absolute atomic E-state index is 0.167. The minimum atomic E-state index is 0.167. The fourth-order valence-corrected chi connectivity index (χ4v) is 3.85. The number of carbonyl (C=O) groups is 1. The number of Topliss-reactive ketones (excluding diaryl/α,β-unsaturated/α-hetero) is 1. The zero-order chi connectivity index (χ0) is 15.7. The van der Waals surface area contributed by atoms with Crippen LogP contribution >= 0.6 is 11.3 Å². The van der Waals surface area contributed by atoms with Crippen molar-refractivity contribution in [2.75, 3.05) is 21.2 Å². The molecule has 0 unspecified atom stereocenters. The molecule has 114 valence electrons. The number of thiophene rings is 1. The molecule has 0 N–H and O–H groups in total. The van der Waals surface area contributed by atoms with Crippen LogP contribution < -0.4 is 4.74 Å². The predicted octanol–water partition coefficient (Wildman–Crippen LogP) is 4.00. The van der Waals surface area contributed by atoms with Crippen LogP contribution in [0.2, 0.25) is 0 Å². The quantitative estimate of drug-likeness (QED) is 0.802. The molecule has 0 saturated heterocycles. The van der Waals surface area contributed by atoms with E-state index in [2.05, 4.69) is 6.07 Å². The minimum Gasteiger partial charge on any atom is -0.497 e. The number of allylic oxidation sites excluding steroid dienone is 1. The Kier molecular flexibility index (Phi) is 4.03. The molecule has 3 nitrogen and oxygen atoms in total. The fourth-order valence-electron chi connectivity index (χ4n) is 2.69. The summed E-state index contributed by atoms with van der Waals surface area (Å²) in [6, 6.07) is 10.0. The zero-order valence-electron chi connectivity index (χ0n) is 13.1.